The maximum atomic E-state index is 9.50. The molecule has 1 aromatic carbocycles. The van der Waals surface area contributed by atoms with Gasteiger partial charge >= 0.3 is 0 Å². The lowest BCUT2D eigenvalue weighted by Crippen LogP contribution is -2.40. The second-order valence-corrected chi connectivity index (χ2v) is 8.28. The number of hydrogen-bond acceptors (Lipinski definition) is 4. The van der Waals surface area contributed by atoms with Crippen molar-refractivity contribution in [3.8, 4) is 0 Å². The van der Waals surface area contributed by atoms with Crippen molar-refractivity contribution in [3.63, 3.8) is 0 Å². The van der Waals surface area contributed by atoms with E-state index in [0.717, 1.165) is 51.7 Å². The van der Waals surface area contributed by atoms with Gasteiger partial charge in [0.1, 0.15) is 0 Å². The lowest BCUT2D eigenvalue weighted by atomic mass is 9.82. The highest BCUT2D eigenvalue weighted by atomic mass is 16.5. The lowest BCUT2D eigenvalue weighted by molar-refractivity contribution is 0.0316. The van der Waals surface area contributed by atoms with Gasteiger partial charge < -0.3 is 20.3 Å². The minimum Gasteiger partial charge on any atom is -0.394 e. The van der Waals surface area contributed by atoms with Gasteiger partial charge in [-0.1, -0.05) is 25.1 Å². The topological polar surface area (TPSA) is 64.7 Å². The van der Waals surface area contributed by atoms with Crippen molar-refractivity contribution in [1.29, 1.82) is 0 Å². The molecule has 0 bridgehead atoms. The summed E-state index contributed by atoms with van der Waals surface area (Å²) in [6, 6.07) is 7.00. The molecule has 0 amide bonds. The van der Waals surface area contributed by atoms with Crippen LogP contribution in [0.1, 0.15) is 61.6 Å². The summed E-state index contributed by atoms with van der Waals surface area (Å²) in [5.41, 5.74) is 10.3. The maximum absolute atomic E-state index is 9.50. The van der Waals surface area contributed by atoms with Crippen LogP contribution in [0.25, 0.3) is 0 Å². The van der Waals surface area contributed by atoms with Crippen molar-refractivity contribution in [2.75, 3.05) is 33.0 Å². The number of aliphatic hydroxyl groups is 1. The fourth-order valence-electron chi connectivity index (χ4n) is 4.45. The molecular weight excluding hydrogens is 326 g/mol. The molecule has 3 atom stereocenters. The summed E-state index contributed by atoms with van der Waals surface area (Å²) in [6.07, 6.45) is 7.44. The van der Waals surface area contributed by atoms with E-state index in [1.807, 2.05) is 0 Å². The molecule has 0 spiro atoms. The Kier molecular flexibility index (Phi) is 7.10. The number of ether oxygens (including phenoxy) is 2. The molecule has 1 saturated carbocycles. The van der Waals surface area contributed by atoms with Gasteiger partial charge in [0.2, 0.25) is 0 Å². The third-order valence-corrected chi connectivity index (χ3v) is 6.06. The molecule has 146 valence electrons. The Bertz CT molecular complexity index is 577. The molecular formula is C22H35NO3. The first-order chi connectivity index (χ1) is 12.6. The lowest BCUT2D eigenvalue weighted by Gasteiger charge is -2.26. The maximum Gasteiger partial charge on any atom is 0.0700 e. The van der Waals surface area contributed by atoms with Crippen molar-refractivity contribution in [1.82, 2.24) is 0 Å². The van der Waals surface area contributed by atoms with Crippen molar-refractivity contribution in [2.24, 2.45) is 11.7 Å². The van der Waals surface area contributed by atoms with E-state index in [9.17, 15) is 5.11 Å². The normalized spacial score (nSPS) is 28.3. The molecule has 1 fully saturated rings. The second kappa shape index (κ2) is 9.32. The number of hydrogen-bond donors (Lipinski definition) is 2. The molecule has 3 rings (SSSR count). The Morgan fingerprint density at radius 2 is 2.00 bits per heavy atom. The van der Waals surface area contributed by atoms with Crippen molar-refractivity contribution >= 4 is 0 Å². The van der Waals surface area contributed by atoms with Gasteiger partial charge in [-0.05, 0) is 73.5 Å². The average Bonchev–Trinajstić information content (AvgIpc) is 3.07. The van der Waals surface area contributed by atoms with Crippen LogP contribution in [-0.2, 0) is 22.3 Å². The van der Waals surface area contributed by atoms with E-state index in [1.54, 1.807) is 0 Å². The fourth-order valence-corrected chi connectivity index (χ4v) is 4.45. The van der Waals surface area contributed by atoms with Crippen LogP contribution in [0.4, 0.5) is 0 Å². The predicted molar refractivity (Wildman–Crippen MR) is 104 cm³/mol. The molecule has 26 heavy (non-hydrogen) atoms. The van der Waals surface area contributed by atoms with Crippen LogP contribution in [0.3, 0.4) is 0 Å². The summed E-state index contributed by atoms with van der Waals surface area (Å²) in [7, 11) is 0. The van der Waals surface area contributed by atoms with E-state index < -0.39 is 0 Å². The monoisotopic (exact) mass is 361 g/mol. The Balaban J connectivity index is 1.48. The van der Waals surface area contributed by atoms with Crippen molar-refractivity contribution < 1.29 is 14.6 Å². The van der Waals surface area contributed by atoms with Crippen LogP contribution in [0.2, 0.25) is 0 Å². The van der Waals surface area contributed by atoms with E-state index >= 15 is 0 Å². The minimum absolute atomic E-state index is 0.0968. The van der Waals surface area contributed by atoms with E-state index in [4.69, 9.17) is 15.2 Å². The zero-order valence-electron chi connectivity index (χ0n) is 16.2. The summed E-state index contributed by atoms with van der Waals surface area (Å²) < 4.78 is 11.3. The summed E-state index contributed by atoms with van der Waals surface area (Å²) in [5, 5.41) is 9.50. The van der Waals surface area contributed by atoms with E-state index in [-0.39, 0.29) is 12.1 Å². The van der Waals surface area contributed by atoms with E-state index in [0.29, 0.717) is 25.0 Å². The summed E-state index contributed by atoms with van der Waals surface area (Å²) >= 11 is 0. The quantitative estimate of drug-likeness (QED) is 0.663. The third-order valence-electron chi connectivity index (χ3n) is 6.06. The molecule has 0 heterocycles. The molecule has 0 saturated heterocycles. The van der Waals surface area contributed by atoms with Crippen LogP contribution >= 0.6 is 0 Å². The van der Waals surface area contributed by atoms with Gasteiger partial charge in [-0.2, -0.15) is 0 Å². The minimum atomic E-state index is -0.371. The number of aliphatic hydroxyl groups excluding tert-OH is 1. The molecule has 4 nitrogen and oxygen atoms in total. The Labute approximate surface area is 158 Å². The molecule has 3 N–H and O–H groups in total. The standard InChI is InChI=1S/C22H35NO3/c1-2-9-25-10-11-26-15-17-3-4-19-13-20(6-5-18(19)12-17)21-7-8-22(23,14-21)16-24/h5-6,13,17,21,24H,2-4,7-12,14-16,23H2,1H3/t17-,21+,22-/m1/s1. The largest absolute Gasteiger partial charge is 0.394 e. The fraction of sp³-hybridized carbons (Fsp3) is 0.727. The highest BCUT2D eigenvalue weighted by Gasteiger charge is 2.36. The first kappa shape index (κ1) is 19.8. The SMILES string of the molecule is CCCOCCOC[C@@H]1CCc2cc([C@H]3CC[C@](N)(CO)C3)ccc2C1. The van der Waals surface area contributed by atoms with Crippen LogP contribution in [-0.4, -0.2) is 43.7 Å². The van der Waals surface area contributed by atoms with Gasteiger partial charge in [0, 0.05) is 18.8 Å². The highest BCUT2D eigenvalue weighted by Crippen LogP contribution is 2.40. The Hall–Kier alpha value is -0.940. The van der Waals surface area contributed by atoms with Gasteiger partial charge in [0.25, 0.3) is 0 Å². The zero-order chi connectivity index (χ0) is 18.4. The Morgan fingerprint density at radius 3 is 2.77 bits per heavy atom. The average molecular weight is 362 g/mol. The van der Waals surface area contributed by atoms with Crippen LogP contribution in [0.15, 0.2) is 18.2 Å². The third kappa shape index (κ3) is 5.07. The van der Waals surface area contributed by atoms with Gasteiger partial charge in [-0.15, -0.1) is 0 Å². The van der Waals surface area contributed by atoms with Gasteiger partial charge in [0.05, 0.1) is 19.8 Å². The van der Waals surface area contributed by atoms with Gasteiger partial charge in [0.15, 0.2) is 0 Å². The number of aryl methyl sites for hydroxylation is 1. The first-order valence-electron chi connectivity index (χ1n) is 10.3. The van der Waals surface area contributed by atoms with E-state index in [2.05, 4.69) is 25.1 Å². The Morgan fingerprint density at radius 1 is 1.15 bits per heavy atom. The molecule has 0 aromatic heterocycles. The molecule has 2 aliphatic rings. The molecule has 0 radical (unpaired) electrons. The number of rotatable bonds is 9. The number of fused-ring (bicyclic) bond motifs is 1. The summed E-state index contributed by atoms with van der Waals surface area (Å²) in [5.74, 6) is 1.12. The molecule has 2 aliphatic carbocycles. The number of nitrogens with two attached hydrogens (primary N) is 1. The second-order valence-electron chi connectivity index (χ2n) is 8.28. The predicted octanol–water partition coefficient (Wildman–Crippen LogP) is 3.19. The number of benzene rings is 1. The van der Waals surface area contributed by atoms with Crippen molar-refractivity contribution in [2.45, 2.75) is 63.3 Å². The zero-order valence-corrected chi connectivity index (χ0v) is 16.2. The molecule has 0 unspecified atom stereocenters. The molecule has 4 heteroatoms. The van der Waals surface area contributed by atoms with Crippen LogP contribution in [0.5, 0.6) is 0 Å². The van der Waals surface area contributed by atoms with E-state index in [1.165, 1.54) is 23.1 Å². The highest BCUT2D eigenvalue weighted by molar-refractivity contribution is 5.36. The smallest absolute Gasteiger partial charge is 0.0700 e. The van der Waals surface area contributed by atoms with Crippen LogP contribution < -0.4 is 5.73 Å². The van der Waals surface area contributed by atoms with Gasteiger partial charge in [-0.3, -0.25) is 0 Å². The summed E-state index contributed by atoms with van der Waals surface area (Å²) in [4.78, 5) is 0. The van der Waals surface area contributed by atoms with Crippen molar-refractivity contribution in [3.05, 3.63) is 34.9 Å². The summed E-state index contributed by atoms with van der Waals surface area (Å²) in [6.45, 7) is 5.30. The first-order valence-corrected chi connectivity index (χ1v) is 10.3. The molecule has 1 aromatic rings. The van der Waals surface area contributed by atoms with Gasteiger partial charge in [-0.25, -0.2) is 0 Å². The van der Waals surface area contributed by atoms with Crippen LogP contribution in [0, 0.1) is 5.92 Å². The molecule has 0 aliphatic heterocycles.